The van der Waals surface area contributed by atoms with Gasteiger partial charge in [0, 0.05) is 69.7 Å². The van der Waals surface area contributed by atoms with Gasteiger partial charge in [0.2, 0.25) is 0 Å². The molecule has 0 unspecified atom stereocenters. The lowest BCUT2D eigenvalue weighted by molar-refractivity contribution is -0.385. The normalized spacial score (nSPS) is 16.0. The smallest absolute Gasteiger partial charge is 0.273 e. The van der Waals surface area contributed by atoms with E-state index in [1.807, 2.05) is 14.1 Å². The van der Waals surface area contributed by atoms with Crippen LogP contribution in [0.5, 0.6) is 0 Å². The second-order valence-corrected chi connectivity index (χ2v) is 8.31. The third-order valence-corrected chi connectivity index (χ3v) is 5.90. The monoisotopic (exact) mass is 425 g/mol. The first-order valence-corrected chi connectivity index (χ1v) is 10.5. The van der Waals surface area contributed by atoms with Gasteiger partial charge in [0.25, 0.3) is 11.6 Å². The van der Waals surface area contributed by atoms with Crippen LogP contribution in [0.4, 0.5) is 11.4 Å². The highest BCUT2D eigenvalue weighted by Gasteiger charge is 2.25. The topological polar surface area (TPSA) is 82.0 Å². The van der Waals surface area contributed by atoms with Crippen molar-refractivity contribution < 1.29 is 9.72 Å². The molecule has 2 aromatic rings. The maximum Gasteiger partial charge on any atom is 0.273 e. The van der Waals surface area contributed by atoms with Crippen molar-refractivity contribution in [3.8, 4) is 0 Å². The number of nitrogens with one attached hydrogen (secondary N) is 1. The van der Waals surface area contributed by atoms with Crippen LogP contribution in [0.2, 0.25) is 0 Å². The number of nitrogens with zero attached hydrogens (tertiary/aromatic N) is 4. The Hall–Kier alpha value is -2.97. The van der Waals surface area contributed by atoms with Gasteiger partial charge in [-0.05, 0) is 37.7 Å². The molecule has 1 saturated heterocycles. The summed E-state index contributed by atoms with van der Waals surface area (Å²) in [5, 5.41) is 14.2. The number of benzene rings is 2. The first-order valence-electron chi connectivity index (χ1n) is 10.5. The number of aryl methyl sites for hydroxylation is 1. The van der Waals surface area contributed by atoms with E-state index in [4.69, 9.17) is 0 Å². The Morgan fingerprint density at radius 2 is 1.77 bits per heavy atom. The van der Waals surface area contributed by atoms with Crippen molar-refractivity contribution in [2.45, 2.75) is 13.0 Å². The molecule has 1 atom stereocenters. The molecule has 2 aromatic carbocycles. The summed E-state index contributed by atoms with van der Waals surface area (Å²) in [6.07, 6.45) is 0. The Morgan fingerprint density at radius 3 is 2.35 bits per heavy atom. The molecule has 8 heteroatoms. The van der Waals surface area contributed by atoms with E-state index in [-0.39, 0.29) is 17.6 Å². The molecule has 0 saturated carbocycles. The number of amides is 1. The zero-order valence-electron chi connectivity index (χ0n) is 18.7. The van der Waals surface area contributed by atoms with E-state index in [1.54, 1.807) is 19.1 Å². The fourth-order valence-electron chi connectivity index (χ4n) is 3.82. The molecular weight excluding hydrogens is 394 g/mol. The molecular formula is C23H31N5O3. The zero-order chi connectivity index (χ0) is 22.5. The summed E-state index contributed by atoms with van der Waals surface area (Å²) in [6, 6.07) is 13.0. The van der Waals surface area contributed by atoms with Gasteiger partial charge >= 0.3 is 0 Å². The number of nitro benzene ring substituents is 1. The van der Waals surface area contributed by atoms with E-state index in [1.165, 1.54) is 6.07 Å². The fraction of sp³-hybridized carbons (Fsp3) is 0.435. The Bertz CT molecular complexity index is 921. The van der Waals surface area contributed by atoms with Crippen LogP contribution in [-0.2, 0) is 0 Å². The molecule has 1 fully saturated rings. The number of carbonyl (C=O) groups is 1. The minimum atomic E-state index is -0.453. The van der Waals surface area contributed by atoms with Crippen LogP contribution >= 0.6 is 0 Å². The van der Waals surface area contributed by atoms with E-state index in [9.17, 15) is 14.9 Å². The molecule has 1 aliphatic rings. The molecule has 1 aliphatic heterocycles. The van der Waals surface area contributed by atoms with Gasteiger partial charge < -0.3 is 15.1 Å². The molecule has 0 aliphatic carbocycles. The van der Waals surface area contributed by atoms with Crippen LogP contribution < -0.4 is 10.2 Å². The van der Waals surface area contributed by atoms with Gasteiger partial charge in [-0.3, -0.25) is 19.8 Å². The summed E-state index contributed by atoms with van der Waals surface area (Å²) in [4.78, 5) is 30.3. The number of likely N-dealkylation sites (N-methyl/N-ethyl adjacent to an activating group) is 1. The van der Waals surface area contributed by atoms with Crippen molar-refractivity contribution >= 4 is 17.3 Å². The van der Waals surface area contributed by atoms with Crippen molar-refractivity contribution in [1.29, 1.82) is 0 Å². The second-order valence-electron chi connectivity index (χ2n) is 8.31. The molecule has 0 radical (unpaired) electrons. The van der Waals surface area contributed by atoms with E-state index in [0.717, 1.165) is 37.4 Å². The van der Waals surface area contributed by atoms with Crippen molar-refractivity contribution in [2.24, 2.45) is 0 Å². The van der Waals surface area contributed by atoms with Crippen LogP contribution in [0.25, 0.3) is 0 Å². The lowest BCUT2D eigenvalue weighted by Crippen LogP contribution is -2.48. The number of rotatable bonds is 7. The van der Waals surface area contributed by atoms with E-state index in [0.29, 0.717) is 17.7 Å². The van der Waals surface area contributed by atoms with Gasteiger partial charge in [0.05, 0.1) is 11.0 Å². The average Bonchev–Trinajstić information content (AvgIpc) is 2.75. The number of piperazine rings is 1. The van der Waals surface area contributed by atoms with Crippen LogP contribution in [0, 0.1) is 17.0 Å². The van der Waals surface area contributed by atoms with Crippen LogP contribution in [0.3, 0.4) is 0 Å². The standard InChI is InChI=1S/C23H31N5O3/c1-17-5-6-19(15-21(17)28(30)31)23(29)24-16-22(27-13-11-26(4)12-14-27)18-7-9-20(10-8-18)25(2)3/h5-10,15,22H,11-14,16H2,1-4H3,(H,24,29)/t22-/m1/s1. The predicted molar refractivity (Wildman–Crippen MR) is 123 cm³/mol. The van der Waals surface area contributed by atoms with Gasteiger partial charge in [-0.2, -0.15) is 0 Å². The number of anilines is 1. The third kappa shape index (κ3) is 5.59. The SMILES string of the molecule is Cc1ccc(C(=O)NC[C@H](c2ccc(N(C)C)cc2)N2CCN(C)CC2)cc1[N+](=O)[O-]. The predicted octanol–water partition coefficient (Wildman–Crippen LogP) is 2.69. The maximum absolute atomic E-state index is 12.8. The zero-order valence-corrected chi connectivity index (χ0v) is 18.7. The van der Waals surface area contributed by atoms with Crippen LogP contribution in [0.15, 0.2) is 42.5 Å². The highest BCUT2D eigenvalue weighted by molar-refractivity contribution is 5.95. The summed E-state index contributed by atoms with van der Waals surface area (Å²) in [5.74, 6) is -0.299. The molecule has 1 amide bonds. The first kappa shape index (κ1) is 22.7. The highest BCUT2D eigenvalue weighted by Crippen LogP contribution is 2.25. The Kier molecular flexibility index (Phi) is 7.25. The van der Waals surface area contributed by atoms with Crippen molar-refractivity contribution in [3.63, 3.8) is 0 Å². The molecule has 31 heavy (non-hydrogen) atoms. The van der Waals surface area contributed by atoms with Crippen LogP contribution in [-0.4, -0.2) is 74.5 Å². The summed E-state index contributed by atoms with van der Waals surface area (Å²) < 4.78 is 0. The van der Waals surface area contributed by atoms with Gasteiger partial charge in [0.15, 0.2) is 0 Å². The Morgan fingerprint density at radius 1 is 1.13 bits per heavy atom. The van der Waals surface area contributed by atoms with E-state index in [2.05, 4.69) is 51.3 Å². The average molecular weight is 426 g/mol. The lowest BCUT2D eigenvalue weighted by Gasteiger charge is -2.38. The third-order valence-electron chi connectivity index (χ3n) is 5.90. The van der Waals surface area contributed by atoms with Gasteiger partial charge in [-0.1, -0.05) is 18.2 Å². The molecule has 8 nitrogen and oxygen atoms in total. The Labute approximate surface area is 183 Å². The highest BCUT2D eigenvalue weighted by atomic mass is 16.6. The number of hydrogen-bond acceptors (Lipinski definition) is 6. The van der Waals surface area contributed by atoms with Crippen molar-refractivity contribution in [2.75, 3.05) is 58.8 Å². The van der Waals surface area contributed by atoms with Gasteiger partial charge in [-0.15, -0.1) is 0 Å². The molecule has 0 bridgehead atoms. The number of nitro groups is 1. The summed E-state index contributed by atoms with van der Waals surface area (Å²) >= 11 is 0. The van der Waals surface area contributed by atoms with Crippen molar-refractivity contribution in [3.05, 3.63) is 69.3 Å². The van der Waals surface area contributed by atoms with Crippen LogP contribution in [0.1, 0.15) is 27.5 Å². The minimum Gasteiger partial charge on any atom is -0.378 e. The quantitative estimate of drug-likeness (QED) is 0.543. The molecule has 166 valence electrons. The largest absolute Gasteiger partial charge is 0.378 e. The van der Waals surface area contributed by atoms with Gasteiger partial charge in [0.1, 0.15) is 0 Å². The van der Waals surface area contributed by atoms with E-state index >= 15 is 0 Å². The van der Waals surface area contributed by atoms with E-state index < -0.39 is 4.92 Å². The number of carbonyl (C=O) groups excluding carboxylic acids is 1. The second kappa shape index (κ2) is 9.89. The lowest BCUT2D eigenvalue weighted by atomic mass is 10.0. The number of hydrogen-bond donors (Lipinski definition) is 1. The molecule has 0 spiro atoms. The fourth-order valence-corrected chi connectivity index (χ4v) is 3.82. The molecule has 0 aromatic heterocycles. The molecule has 1 heterocycles. The summed E-state index contributed by atoms with van der Waals surface area (Å²) in [6.45, 7) is 5.89. The Balaban J connectivity index is 1.77. The molecule has 1 N–H and O–H groups in total. The molecule has 3 rings (SSSR count). The van der Waals surface area contributed by atoms with Crippen molar-refractivity contribution in [1.82, 2.24) is 15.1 Å². The maximum atomic E-state index is 12.8. The summed E-state index contributed by atoms with van der Waals surface area (Å²) in [7, 11) is 6.13. The summed E-state index contributed by atoms with van der Waals surface area (Å²) in [5.41, 5.74) is 3.07. The minimum absolute atomic E-state index is 0.0364. The first-order chi connectivity index (χ1) is 14.8. The van der Waals surface area contributed by atoms with Gasteiger partial charge in [-0.25, -0.2) is 0 Å².